The van der Waals surface area contributed by atoms with Crippen molar-refractivity contribution in [1.82, 2.24) is 0 Å². The third-order valence-corrected chi connectivity index (χ3v) is 6.41. The van der Waals surface area contributed by atoms with Crippen molar-refractivity contribution in [2.75, 3.05) is 13.7 Å². The van der Waals surface area contributed by atoms with Crippen molar-refractivity contribution in [3.8, 4) is 16.9 Å². The Labute approximate surface area is 204 Å². The van der Waals surface area contributed by atoms with Crippen LogP contribution >= 0.6 is 0 Å². The minimum Gasteiger partial charge on any atom is -0.493 e. The molecule has 0 aliphatic rings. The second kappa shape index (κ2) is 11.0. The van der Waals surface area contributed by atoms with E-state index in [9.17, 15) is 18.0 Å². The van der Waals surface area contributed by atoms with Crippen molar-refractivity contribution in [2.45, 2.75) is 46.2 Å². The number of benzene rings is 3. The summed E-state index contributed by atoms with van der Waals surface area (Å²) in [6, 6.07) is 16.6. The van der Waals surface area contributed by atoms with Gasteiger partial charge in [0.15, 0.2) is 0 Å². The van der Waals surface area contributed by atoms with Crippen molar-refractivity contribution in [3.63, 3.8) is 0 Å². The van der Waals surface area contributed by atoms with Gasteiger partial charge in [-0.3, -0.25) is 0 Å². The van der Waals surface area contributed by atoms with Gasteiger partial charge in [-0.25, -0.2) is 4.79 Å². The van der Waals surface area contributed by atoms with Crippen LogP contribution < -0.4 is 4.74 Å². The largest absolute Gasteiger partial charge is 0.493 e. The molecular weight excluding hydrogens is 453 g/mol. The first-order valence-electron chi connectivity index (χ1n) is 11.6. The van der Waals surface area contributed by atoms with Gasteiger partial charge < -0.3 is 9.47 Å². The molecule has 0 radical (unpaired) electrons. The number of hydrogen-bond donors (Lipinski definition) is 0. The zero-order chi connectivity index (χ0) is 25.8. The Morgan fingerprint density at radius 2 is 1.51 bits per heavy atom. The van der Waals surface area contributed by atoms with Crippen molar-refractivity contribution >= 4 is 5.97 Å². The lowest BCUT2D eigenvalue weighted by molar-refractivity contribution is -0.137. The van der Waals surface area contributed by atoms with E-state index in [0.29, 0.717) is 12.2 Å². The van der Waals surface area contributed by atoms with E-state index >= 15 is 0 Å². The van der Waals surface area contributed by atoms with E-state index in [0.717, 1.165) is 52.1 Å². The first-order chi connectivity index (χ1) is 16.5. The van der Waals surface area contributed by atoms with Gasteiger partial charge >= 0.3 is 12.1 Å². The van der Waals surface area contributed by atoms with Crippen molar-refractivity contribution in [1.29, 1.82) is 0 Å². The lowest BCUT2D eigenvalue weighted by atomic mass is 9.85. The molecule has 0 aliphatic heterocycles. The molecule has 186 valence electrons. The van der Waals surface area contributed by atoms with E-state index in [-0.39, 0.29) is 17.8 Å². The first kappa shape index (κ1) is 26.3. The summed E-state index contributed by atoms with van der Waals surface area (Å²) in [5.74, 6) is 0.861. The molecular formula is C29H31F3O3. The van der Waals surface area contributed by atoms with Gasteiger partial charge in [-0.15, -0.1) is 0 Å². The van der Waals surface area contributed by atoms with Gasteiger partial charge in [0.1, 0.15) is 5.75 Å². The summed E-state index contributed by atoms with van der Waals surface area (Å²) in [5, 5.41) is 0. The molecule has 0 aromatic heterocycles. The number of ether oxygens (including phenoxy) is 2. The van der Waals surface area contributed by atoms with Crippen LogP contribution in [0.4, 0.5) is 13.2 Å². The number of rotatable bonds is 8. The van der Waals surface area contributed by atoms with Crippen LogP contribution in [0.15, 0.2) is 60.7 Å². The average Bonchev–Trinajstić information content (AvgIpc) is 2.82. The van der Waals surface area contributed by atoms with Crippen molar-refractivity contribution in [2.24, 2.45) is 5.92 Å². The quantitative estimate of drug-likeness (QED) is 0.304. The fourth-order valence-corrected chi connectivity index (χ4v) is 4.58. The molecule has 3 rings (SSSR count). The number of esters is 1. The second-order valence-electron chi connectivity index (χ2n) is 8.92. The van der Waals surface area contributed by atoms with Gasteiger partial charge in [-0.1, -0.05) is 38.1 Å². The van der Waals surface area contributed by atoms with Crippen LogP contribution in [0.1, 0.15) is 58.8 Å². The third-order valence-electron chi connectivity index (χ3n) is 6.41. The molecule has 3 nitrogen and oxygen atoms in total. The maximum atomic E-state index is 12.9. The minimum atomic E-state index is -4.35. The zero-order valence-corrected chi connectivity index (χ0v) is 20.7. The Hall–Kier alpha value is -3.28. The van der Waals surface area contributed by atoms with E-state index in [4.69, 9.17) is 9.47 Å². The van der Waals surface area contributed by atoms with Gasteiger partial charge in [0.05, 0.1) is 24.8 Å². The molecule has 0 fully saturated rings. The molecule has 2 unspecified atom stereocenters. The van der Waals surface area contributed by atoms with Crippen LogP contribution in [0.5, 0.6) is 5.75 Å². The van der Waals surface area contributed by atoms with Crippen molar-refractivity contribution in [3.05, 3.63) is 88.5 Å². The van der Waals surface area contributed by atoms with Gasteiger partial charge in [0, 0.05) is 0 Å². The fraction of sp³-hybridized carbons (Fsp3) is 0.345. The van der Waals surface area contributed by atoms with E-state index in [1.165, 1.54) is 19.2 Å². The number of aryl methyl sites for hydroxylation is 2. The van der Waals surface area contributed by atoms with Gasteiger partial charge in [0.2, 0.25) is 0 Å². The highest BCUT2D eigenvalue weighted by molar-refractivity contribution is 5.89. The van der Waals surface area contributed by atoms with Crippen LogP contribution in [0.25, 0.3) is 11.1 Å². The number of halogens is 3. The number of carbonyl (C=O) groups excluding carboxylic acids is 1. The van der Waals surface area contributed by atoms with Gasteiger partial charge in [-0.05, 0) is 96.3 Å². The Kier molecular flexibility index (Phi) is 8.26. The summed E-state index contributed by atoms with van der Waals surface area (Å²) in [6.07, 6.45) is -3.43. The Morgan fingerprint density at radius 3 is 2.00 bits per heavy atom. The smallest absolute Gasteiger partial charge is 0.416 e. The summed E-state index contributed by atoms with van der Waals surface area (Å²) >= 11 is 0. The molecule has 0 saturated carbocycles. The summed E-state index contributed by atoms with van der Waals surface area (Å²) in [5.41, 5.74) is 4.55. The molecule has 3 aromatic rings. The van der Waals surface area contributed by atoms with E-state index in [1.807, 2.05) is 38.1 Å². The minimum absolute atomic E-state index is 0.221. The Bertz CT molecular complexity index is 1130. The molecule has 6 heteroatoms. The molecule has 0 aliphatic carbocycles. The summed E-state index contributed by atoms with van der Waals surface area (Å²) in [6.45, 7) is 8.65. The summed E-state index contributed by atoms with van der Waals surface area (Å²) in [4.78, 5) is 11.7. The maximum absolute atomic E-state index is 12.9. The fourth-order valence-electron chi connectivity index (χ4n) is 4.58. The van der Waals surface area contributed by atoms with Gasteiger partial charge in [0.25, 0.3) is 0 Å². The predicted octanol–water partition coefficient (Wildman–Crippen LogP) is 7.98. The second-order valence-corrected chi connectivity index (χ2v) is 8.92. The van der Waals surface area contributed by atoms with Crippen LogP contribution in [0, 0.1) is 19.8 Å². The third kappa shape index (κ3) is 6.24. The normalized spacial score (nSPS) is 13.3. The van der Waals surface area contributed by atoms with Crippen LogP contribution in [-0.4, -0.2) is 19.7 Å². The van der Waals surface area contributed by atoms with Crippen LogP contribution in [0.3, 0.4) is 0 Å². The molecule has 0 amide bonds. The first-order valence-corrected chi connectivity index (χ1v) is 11.6. The average molecular weight is 485 g/mol. The van der Waals surface area contributed by atoms with Crippen LogP contribution in [0.2, 0.25) is 0 Å². The van der Waals surface area contributed by atoms with Crippen molar-refractivity contribution < 1.29 is 27.4 Å². The maximum Gasteiger partial charge on any atom is 0.416 e. The Morgan fingerprint density at radius 1 is 0.943 bits per heavy atom. The van der Waals surface area contributed by atoms with Crippen LogP contribution in [-0.2, 0) is 10.9 Å². The molecule has 35 heavy (non-hydrogen) atoms. The van der Waals surface area contributed by atoms with Gasteiger partial charge in [-0.2, -0.15) is 13.2 Å². The molecule has 0 heterocycles. The number of carbonyl (C=O) groups is 1. The standard InChI is InChI=1S/C29H31F3O3/c1-6-26(21-7-9-23(10-8-21)28(33)34-5)20(4)17-35-25-15-18(2)27(19(3)16-25)22-11-13-24(14-12-22)29(30,31)32/h7-16,20,26H,6,17H2,1-5H3. The molecule has 3 aromatic carbocycles. The summed E-state index contributed by atoms with van der Waals surface area (Å²) in [7, 11) is 1.37. The number of methoxy groups -OCH3 is 1. The number of alkyl halides is 3. The topological polar surface area (TPSA) is 35.5 Å². The highest BCUT2D eigenvalue weighted by Crippen LogP contribution is 2.35. The molecule has 0 bridgehead atoms. The lowest BCUT2D eigenvalue weighted by Gasteiger charge is -2.24. The van der Waals surface area contributed by atoms with E-state index < -0.39 is 11.7 Å². The highest BCUT2D eigenvalue weighted by atomic mass is 19.4. The zero-order valence-electron chi connectivity index (χ0n) is 20.7. The summed E-state index contributed by atoms with van der Waals surface area (Å²) < 4.78 is 49.6. The molecule has 2 atom stereocenters. The predicted molar refractivity (Wildman–Crippen MR) is 132 cm³/mol. The highest BCUT2D eigenvalue weighted by Gasteiger charge is 2.30. The SMILES string of the molecule is CCC(c1ccc(C(=O)OC)cc1)C(C)COc1cc(C)c(-c2ccc(C(F)(F)F)cc2)c(C)c1. The van der Waals surface area contributed by atoms with E-state index in [2.05, 4.69) is 13.8 Å². The monoisotopic (exact) mass is 484 g/mol. The molecule has 0 saturated heterocycles. The van der Waals surface area contributed by atoms with E-state index in [1.54, 1.807) is 12.1 Å². The number of hydrogen-bond acceptors (Lipinski definition) is 3. The molecule has 0 N–H and O–H groups in total. The lowest BCUT2D eigenvalue weighted by Crippen LogP contribution is -2.17. The molecule has 0 spiro atoms. The Balaban J connectivity index is 1.72.